The molecule has 1 unspecified atom stereocenters. The van der Waals surface area contributed by atoms with Gasteiger partial charge >= 0.3 is 0 Å². The van der Waals surface area contributed by atoms with Crippen LogP contribution in [-0.2, 0) is 14.3 Å². The van der Waals surface area contributed by atoms with Gasteiger partial charge in [0.25, 0.3) is 0 Å². The quantitative estimate of drug-likeness (QED) is 0.439. The van der Waals surface area contributed by atoms with Crippen molar-refractivity contribution in [3.63, 3.8) is 0 Å². The molecule has 2 amide bonds. The molecule has 0 saturated carbocycles. The van der Waals surface area contributed by atoms with Crippen molar-refractivity contribution in [2.75, 3.05) is 19.8 Å². The van der Waals surface area contributed by atoms with Gasteiger partial charge in [0, 0.05) is 32.2 Å². The molecule has 0 aliphatic carbocycles. The minimum Gasteiger partial charge on any atom is -0.396 e. The zero-order valence-electron chi connectivity index (χ0n) is 20.3. The number of hydrogen-bond acceptors (Lipinski definition) is 4. The van der Waals surface area contributed by atoms with Crippen molar-refractivity contribution in [2.24, 2.45) is 29.6 Å². The van der Waals surface area contributed by atoms with Crippen LogP contribution >= 0.6 is 0 Å². The highest BCUT2D eigenvalue weighted by atomic mass is 16.5. The van der Waals surface area contributed by atoms with Crippen LogP contribution in [0.3, 0.4) is 0 Å². The normalized spacial score (nSPS) is 15.6. The van der Waals surface area contributed by atoms with E-state index in [-0.39, 0.29) is 23.7 Å². The highest BCUT2D eigenvalue weighted by molar-refractivity contribution is 6.03. The van der Waals surface area contributed by atoms with Gasteiger partial charge in [-0.25, -0.2) is 0 Å². The highest BCUT2D eigenvalue weighted by Crippen LogP contribution is 2.19. The average Bonchev–Trinajstić information content (AvgIpc) is 2.93. The van der Waals surface area contributed by atoms with Crippen LogP contribution in [-0.4, -0.2) is 36.7 Å². The second kappa shape index (κ2) is 20.8. The number of nitrogens with one attached hydrogen (secondary N) is 1. The SMILES string of the molecule is CC.CC(C)C1CC(=O)NC1=O.CC(C)CCO.CC(C)CCOCC(C)C. The van der Waals surface area contributed by atoms with Crippen molar-refractivity contribution in [1.82, 2.24) is 5.32 Å². The van der Waals surface area contributed by atoms with Gasteiger partial charge in [-0.2, -0.15) is 0 Å². The van der Waals surface area contributed by atoms with Crippen LogP contribution < -0.4 is 5.32 Å². The molecule has 1 saturated heterocycles. The fourth-order valence-corrected chi connectivity index (χ4v) is 2.01. The topological polar surface area (TPSA) is 75.6 Å². The second-order valence-corrected chi connectivity index (χ2v) is 8.52. The Kier molecular flexibility index (Phi) is 23.6. The Morgan fingerprint density at radius 3 is 1.64 bits per heavy atom. The molecule has 1 rings (SSSR count). The summed E-state index contributed by atoms with van der Waals surface area (Å²) in [6, 6.07) is 0. The predicted octanol–water partition coefficient (Wildman–Crippen LogP) is 5.06. The molecular weight excluding hydrogens is 354 g/mol. The van der Waals surface area contributed by atoms with E-state index in [1.807, 2.05) is 27.7 Å². The monoisotopic (exact) mass is 403 g/mol. The number of hydrogen-bond donors (Lipinski definition) is 2. The van der Waals surface area contributed by atoms with Crippen LogP contribution in [0.1, 0.15) is 88.5 Å². The van der Waals surface area contributed by atoms with Crippen LogP contribution in [0.2, 0.25) is 0 Å². The first-order valence-corrected chi connectivity index (χ1v) is 11.0. The van der Waals surface area contributed by atoms with Crippen LogP contribution in [0.25, 0.3) is 0 Å². The van der Waals surface area contributed by atoms with E-state index in [0.29, 0.717) is 24.9 Å². The Labute approximate surface area is 175 Å². The van der Waals surface area contributed by atoms with Gasteiger partial charge in [-0.3, -0.25) is 14.9 Å². The fraction of sp³-hybridized carbons (Fsp3) is 0.913. The van der Waals surface area contributed by atoms with Gasteiger partial charge < -0.3 is 9.84 Å². The lowest BCUT2D eigenvalue weighted by molar-refractivity contribution is -0.126. The first-order valence-electron chi connectivity index (χ1n) is 11.0. The molecule has 2 N–H and O–H groups in total. The van der Waals surface area contributed by atoms with E-state index >= 15 is 0 Å². The first-order chi connectivity index (χ1) is 13.0. The van der Waals surface area contributed by atoms with Crippen LogP contribution in [0.4, 0.5) is 0 Å². The Bertz CT molecular complexity index is 356. The van der Waals surface area contributed by atoms with Crippen molar-refractivity contribution in [1.29, 1.82) is 0 Å². The molecule has 5 heteroatoms. The maximum atomic E-state index is 10.9. The van der Waals surface area contributed by atoms with Crippen molar-refractivity contribution in [3.8, 4) is 0 Å². The lowest BCUT2D eigenvalue weighted by Gasteiger charge is -2.07. The number of carbonyl (C=O) groups is 2. The average molecular weight is 404 g/mol. The fourth-order valence-electron chi connectivity index (χ4n) is 2.01. The minimum absolute atomic E-state index is 0.0903. The highest BCUT2D eigenvalue weighted by Gasteiger charge is 2.32. The number of ether oxygens (including phenoxy) is 1. The summed E-state index contributed by atoms with van der Waals surface area (Å²) in [5.41, 5.74) is 0. The summed E-state index contributed by atoms with van der Waals surface area (Å²) < 4.78 is 5.41. The maximum absolute atomic E-state index is 10.9. The third-order valence-corrected chi connectivity index (χ3v) is 3.81. The van der Waals surface area contributed by atoms with Gasteiger partial charge in [-0.05, 0) is 36.5 Å². The molecular formula is C23H49NO4. The lowest BCUT2D eigenvalue weighted by Crippen LogP contribution is -2.24. The molecule has 0 aromatic heterocycles. The Morgan fingerprint density at radius 2 is 1.43 bits per heavy atom. The van der Waals surface area contributed by atoms with E-state index in [0.717, 1.165) is 25.6 Å². The number of amides is 2. The summed E-state index contributed by atoms with van der Waals surface area (Å²) in [5.74, 6) is 2.02. The molecule has 1 fully saturated rings. The standard InChI is InChI=1S/C9H20O.C7H11NO2.C5H12O.C2H6/c1-8(2)5-6-10-7-9(3)4;1-4(2)5-3-6(9)8-7(5)10;1-5(2)3-4-6;1-2/h8-9H,5-7H2,1-4H3;4-5H,3H2,1-2H3,(H,8,9,10);5-6H,3-4H2,1-2H3;1-2H3. The minimum atomic E-state index is -0.135. The number of carbonyl (C=O) groups excluding carboxylic acids is 2. The van der Waals surface area contributed by atoms with E-state index in [2.05, 4.69) is 46.9 Å². The molecule has 0 aromatic rings. The number of aliphatic hydroxyl groups is 1. The third kappa shape index (κ3) is 23.1. The number of rotatable bonds is 8. The van der Waals surface area contributed by atoms with Gasteiger partial charge in [0.2, 0.25) is 11.8 Å². The van der Waals surface area contributed by atoms with Gasteiger partial charge in [0.15, 0.2) is 0 Å². The van der Waals surface area contributed by atoms with Crippen molar-refractivity contribution in [3.05, 3.63) is 0 Å². The maximum Gasteiger partial charge on any atom is 0.230 e. The van der Waals surface area contributed by atoms with E-state index in [1.54, 1.807) is 0 Å². The summed E-state index contributed by atoms with van der Waals surface area (Å²) in [6.07, 6.45) is 2.49. The summed E-state index contributed by atoms with van der Waals surface area (Å²) >= 11 is 0. The number of imide groups is 1. The molecule has 1 aliphatic heterocycles. The van der Waals surface area contributed by atoms with E-state index in [4.69, 9.17) is 9.84 Å². The Balaban J connectivity index is -0.000000330. The van der Waals surface area contributed by atoms with Crippen molar-refractivity contribution < 1.29 is 19.4 Å². The zero-order chi connectivity index (χ0) is 22.7. The Hall–Kier alpha value is -0.940. The molecule has 0 spiro atoms. The molecule has 0 aromatic carbocycles. The van der Waals surface area contributed by atoms with Crippen LogP contribution in [0.5, 0.6) is 0 Å². The summed E-state index contributed by atoms with van der Waals surface area (Å²) in [7, 11) is 0. The first kappa shape index (κ1) is 31.7. The van der Waals surface area contributed by atoms with Crippen LogP contribution in [0, 0.1) is 29.6 Å². The largest absolute Gasteiger partial charge is 0.396 e. The molecule has 170 valence electrons. The van der Waals surface area contributed by atoms with E-state index in [9.17, 15) is 9.59 Å². The van der Waals surface area contributed by atoms with Crippen molar-refractivity contribution in [2.45, 2.75) is 88.5 Å². The van der Waals surface area contributed by atoms with Gasteiger partial charge in [-0.15, -0.1) is 0 Å². The van der Waals surface area contributed by atoms with Gasteiger partial charge in [0.05, 0.1) is 0 Å². The molecule has 0 bridgehead atoms. The molecule has 0 radical (unpaired) electrons. The molecule has 5 nitrogen and oxygen atoms in total. The van der Waals surface area contributed by atoms with Gasteiger partial charge in [0.1, 0.15) is 0 Å². The zero-order valence-corrected chi connectivity index (χ0v) is 20.3. The van der Waals surface area contributed by atoms with E-state index < -0.39 is 0 Å². The molecule has 1 aliphatic rings. The summed E-state index contributed by atoms with van der Waals surface area (Å²) in [4.78, 5) is 21.5. The molecule has 1 atom stereocenters. The predicted molar refractivity (Wildman–Crippen MR) is 119 cm³/mol. The summed E-state index contributed by atoms with van der Waals surface area (Å²) in [5, 5.41) is 10.5. The number of aliphatic hydroxyl groups excluding tert-OH is 1. The van der Waals surface area contributed by atoms with Gasteiger partial charge in [-0.1, -0.05) is 69.2 Å². The summed E-state index contributed by atoms with van der Waals surface area (Å²) in [6.45, 7) is 23.0. The molecule has 28 heavy (non-hydrogen) atoms. The van der Waals surface area contributed by atoms with Crippen molar-refractivity contribution >= 4 is 11.8 Å². The molecule has 1 heterocycles. The second-order valence-electron chi connectivity index (χ2n) is 8.52. The lowest BCUT2D eigenvalue weighted by atomic mass is 9.95. The third-order valence-electron chi connectivity index (χ3n) is 3.81. The van der Waals surface area contributed by atoms with E-state index in [1.165, 1.54) is 6.42 Å². The smallest absolute Gasteiger partial charge is 0.230 e. The van der Waals surface area contributed by atoms with Crippen LogP contribution in [0.15, 0.2) is 0 Å². The Morgan fingerprint density at radius 1 is 0.929 bits per heavy atom.